The average molecular weight is 446 g/mol. The number of nitrogens with zero attached hydrogens (tertiary/aromatic N) is 3. The Morgan fingerprint density at radius 2 is 1.77 bits per heavy atom. The quantitative estimate of drug-likeness (QED) is 0.621. The van der Waals surface area contributed by atoms with Crippen LogP contribution in [0.4, 0.5) is 0 Å². The number of sulfonamides is 1. The summed E-state index contributed by atoms with van der Waals surface area (Å²) < 4.78 is 35.1. The fourth-order valence-corrected chi connectivity index (χ4v) is 6.25. The van der Waals surface area contributed by atoms with Crippen molar-refractivity contribution in [2.75, 3.05) is 26.3 Å². The van der Waals surface area contributed by atoms with E-state index < -0.39 is 15.9 Å². The van der Waals surface area contributed by atoms with Crippen LogP contribution in [0.1, 0.15) is 21.5 Å². The number of morpholine rings is 1. The van der Waals surface area contributed by atoms with Crippen molar-refractivity contribution < 1.29 is 17.9 Å². The molecule has 7 nitrogen and oxygen atoms in total. The third kappa shape index (κ3) is 3.85. The van der Waals surface area contributed by atoms with Crippen LogP contribution in [0.5, 0.6) is 0 Å². The minimum Gasteiger partial charge on any atom is -0.379 e. The van der Waals surface area contributed by atoms with Crippen molar-refractivity contribution in [2.24, 2.45) is 12.0 Å². The number of thiazole rings is 1. The monoisotopic (exact) mass is 445 g/mol. The number of ether oxygens (including phenoxy) is 1. The Kier molecular flexibility index (Phi) is 5.63. The highest BCUT2D eigenvalue weighted by atomic mass is 32.2. The smallest absolute Gasteiger partial charge is 0.279 e. The number of aromatic nitrogens is 1. The predicted molar refractivity (Wildman–Crippen MR) is 116 cm³/mol. The van der Waals surface area contributed by atoms with Crippen LogP contribution >= 0.6 is 11.3 Å². The van der Waals surface area contributed by atoms with Crippen molar-refractivity contribution in [2.45, 2.75) is 18.7 Å². The molecule has 0 radical (unpaired) electrons. The molecule has 158 valence electrons. The number of fused-ring (bicyclic) bond motifs is 1. The molecule has 9 heteroatoms. The fraction of sp³-hybridized carbons (Fsp3) is 0.333. The molecule has 2 aromatic carbocycles. The molecule has 0 N–H and O–H groups in total. The first-order valence-electron chi connectivity index (χ1n) is 9.61. The number of hydrogen-bond donors (Lipinski definition) is 0. The largest absolute Gasteiger partial charge is 0.379 e. The molecule has 1 amide bonds. The highest BCUT2D eigenvalue weighted by Crippen LogP contribution is 2.22. The Bertz CT molecular complexity index is 1280. The second-order valence-electron chi connectivity index (χ2n) is 7.33. The molecule has 0 unspecified atom stereocenters. The van der Waals surface area contributed by atoms with Crippen LogP contribution in [0.2, 0.25) is 0 Å². The maximum Gasteiger partial charge on any atom is 0.279 e. The van der Waals surface area contributed by atoms with E-state index in [-0.39, 0.29) is 4.90 Å². The Morgan fingerprint density at radius 3 is 2.43 bits per heavy atom. The number of amides is 1. The van der Waals surface area contributed by atoms with Gasteiger partial charge in [0.05, 0.1) is 28.3 Å². The van der Waals surface area contributed by atoms with Gasteiger partial charge in [-0.2, -0.15) is 9.30 Å². The van der Waals surface area contributed by atoms with Gasteiger partial charge in [-0.15, -0.1) is 0 Å². The van der Waals surface area contributed by atoms with Gasteiger partial charge in [0, 0.05) is 25.7 Å². The molecule has 3 aromatic rings. The SMILES string of the molecule is Cc1cc(C)c2c(c1)sc(=NC(=O)c1ccc(S(=O)(=O)N3CCOCC3)cc1)n2C. The van der Waals surface area contributed by atoms with Gasteiger partial charge >= 0.3 is 0 Å². The minimum atomic E-state index is -3.59. The van der Waals surface area contributed by atoms with Gasteiger partial charge in [0.1, 0.15) is 0 Å². The zero-order valence-corrected chi connectivity index (χ0v) is 18.7. The van der Waals surface area contributed by atoms with E-state index in [2.05, 4.69) is 17.1 Å². The van der Waals surface area contributed by atoms with E-state index in [1.54, 1.807) is 0 Å². The fourth-order valence-electron chi connectivity index (χ4n) is 3.65. The lowest BCUT2D eigenvalue weighted by Gasteiger charge is -2.26. The van der Waals surface area contributed by atoms with Gasteiger partial charge in [0.15, 0.2) is 4.80 Å². The summed E-state index contributed by atoms with van der Waals surface area (Å²) in [5.41, 5.74) is 3.71. The zero-order valence-electron chi connectivity index (χ0n) is 17.1. The predicted octanol–water partition coefficient (Wildman–Crippen LogP) is 2.62. The van der Waals surface area contributed by atoms with Crippen LogP contribution in [0, 0.1) is 13.8 Å². The summed E-state index contributed by atoms with van der Waals surface area (Å²) in [6.45, 7) is 5.53. The second kappa shape index (κ2) is 8.07. The van der Waals surface area contributed by atoms with Crippen molar-refractivity contribution in [3.05, 3.63) is 57.9 Å². The maximum absolute atomic E-state index is 12.7. The van der Waals surface area contributed by atoms with Gasteiger partial charge in [-0.1, -0.05) is 17.4 Å². The van der Waals surface area contributed by atoms with Gasteiger partial charge in [0.25, 0.3) is 5.91 Å². The van der Waals surface area contributed by atoms with Crippen molar-refractivity contribution in [3.8, 4) is 0 Å². The highest BCUT2D eigenvalue weighted by molar-refractivity contribution is 7.89. The lowest BCUT2D eigenvalue weighted by molar-refractivity contribution is 0.0730. The first-order valence-corrected chi connectivity index (χ1v) is 11.9. The van der Waals surface area contributed by atoms with Crippen LogP contribution in [0.3, 0.4) is 0 Å². The Balaban J connectivity index is 1.64. The van der Waals surface area contributed by atoms with E-state index in [1.165, 1.54) is 39.9 Å². The van der Waals surface area contributed by atoms with Gasteiger partial charge in [0.2, 0.25) is 10.0 Å². The molecule has 1 aliphatic heterocycles. The molecular formula is C21H23N3O4S2. The average Bonchev–Trinajstić information content (AvgIpc) is 3.03. The van der Waals surface area contributed by atoms with E-state index in [4.69, 9.17) is 4.74 Å². The summed E-state index contributed by atoms with van der Waals surface area (Å²) in [5.74, 6) is -0.401. The summed E-state index contributed by atoms with van der Waals surface area (Å²) in [5, 5.41) is 0. The summed E-state index contributed by atoms with van der Waals surface area (Å²) in [7, 11) is -1.69. The lowest BCUT2D eigenvalue weighted by atomic mass is 10.1. The van der Waals surface area contributed by atoms with Crippen molar-refractivity contribution in [3.63, 3.8) is 0 Å². The standard InChI is InChI=1S/C21H23N3O4S2/c1-14-12-15(2)19-18(13-14)29-21(23(19)3)22-20(25)16-4-6-17(7-5-16)30(26,27)24-8-10-28-11-9-24/h4-7,12-13H,8-11H2,1-3H3. The van der Waals surface area contributed by atoms with E-state index >= 15 is 0 Å². The van der Waals surface area contributed by atoms with Crippen LogP contribution in [-0.2, 0) is 21.8 Å². The minimum absolute atomic E-state index is 0.166. The van der Waals surface area contributed by atoms with Crippen LogP contribution in [0.15, 0.2) is 46.3 Å². The first kappa shape index (κ1) is 20.9. The van der Waals surface area contributed by atoms with Crippen LogP contribution < -0.4 is 4.80 Å². The summed E-state index contributed by atoms with van der Waals surface area (Å²) in [6.07, 6.45) is 0. The third-order valence-corrected chi connectivity index (χ3v) is 8.13. The summed E-state index contributed by atoms with van der Waals surface area (Å²) in [4.78, 5) is 17.8. The van der Waals surface area contributed by atoms with E-state index in [0.29, 0.717) is 36.7 Å². The van der Waals surface area contributed by atoms with E-state index in [1.807, 2.05) is 25.5 Å². The number of aryl methyl sites for hydroxylation is 3. The molecular weight excluding hydrogens is 422 g/mol. The molecule has 0 bridgehead atoms. The summed E-state index contributed by atoms with van der Waals surface area (Å²) >= 11 is 1.46. The molecule has 0 spiro atoms. The second-order valence-corrected chi connectivity index (χ2v) is 10.3. The molecule has 1 fully saturated rings. The Hall–Kier alpha value is -2.33. The zero-order chi connectivity index (χ0) is 21.5. The van der Waals surface area contributed by atoms with E-state index in [9.17, 15) is 13.2 Å². The Morgan fingerprint density at radius 1 is 1.10 bits per heavy atom. The molecule has 0 saturated carbocycles. The number of rotatable bonds is 3. The van der Waals surface area contributed by atoms with E-state index in [0.717, 1.165) is 21.3 Å². The number of carbonyl (C=O) groups is 1. The number of carbonyl (C=O) groups excluding carboxylic acids is 1. The van der Waals surface area contributed by atoms with Crippen molar-refractivity contribution in [1.29, 1.82) is 0 Å². The van der Waals surface area contributed by atoms with Crippen molar-refractivity contribution >= 4 is 37.5 Å². The lowest BCUT2D eigenvalue weighted by Crippen LogP contribution is -2.40. The third-order valence-electron chi connectivity index (χ3n) is 5.14. The number of hydrogen-bond acceptors (Lipinski definition) is 5. The number of benzene rings is 2. The Labute approximate surface area is 179 Å². The summed E-state index contributed by atoms with van der Waals surface area (Å²) in [6, 6.07) is 10.2. The molecule has 30 heavy (non-hydrogen) atoms. The molecule has 0 aliphatic carbocycles. The molecule has 0 atom stereocenters. The van der Waals surface area contributed by atoms with Gasteiger partial charge in [-0.25, -0.2) is 8.42 Å². The van der Waals surface area contributed by atoms with Crippen LogP contribution in [-0.4, -0.2) is 49.5 Å². The first-order chi connectivity index (χ1) is 14.3. The van der Waals surface area contributed by atoms with Gasteiger partial charge in [-0.3, -0.25) is 4.79 Å². The van der Waals surface area contributed by atoms with Gasteiger partial charge < -0.3 is 9.30 Å². The normalized spacial score (nSPS) is 16.3. The molecule has 2 heterocycles. The highest BCUT2D eigenvalue weighted by Gasteiger charge is 2.26. The van der Waals surface area contributed by atoms with Crippen LogP contribution in [0.25, 0.3) is 10.2 Å². The molecule has 4 rings (SSSR count). The van der Waals surface area contributed by atoms with Crippen molar-refractivity contribution in [1.82, 2.24) is 8.87 Å². The molecule has 1 saturated heterocycles. The molecule has 1 aromatic heterocycles. The van der Waals surface area contributed by atoms with Gasteiger partial charge in [-0.05, 0) is 55.3 Å². The molecule has 1 aliphatic rings. The maximum atomic E-state index is 12.7. The topological polar surface area (TPSA) is 81.0 Å².